The molecule has 0 radical (unpaired) electrons. The molecule has 124 valence electrons. The van der Waals surface area contributed by atoms with E-state index in [1.165, 1.54) is 0 Å². The predicted molar refractivity (Wildman–Crippen MR) is 91.6 cm³/mol. The number of nitrogens with one attached hydrogen (secondary N) is 1. The van der Waals surface area contributed by atoms with Crippen molar-refractivity contribution in [2.24, 2.45) is 0 Å². The van der Waals surface area contributed by atoms with Crippen LogP contribution < -0.4 is 10.8 Å². The molecule has 0 aromatic heterocycles. The second-order valence-corrected chi connectivity index (χ2v) is 5.78. The normalized spacial score (nSPS) is 17.7. The first-order valence-electron chi connectivity index (χ1n) is 7.30. The highest BCUT2D eigenvalue weighted by Gasteiger charge is 2.51. The van der Waals surface area contributed by atoms with Gasteiger partial charge in [-0.2, -0.15) is 0 Å². The van der Waals surface area contributed by atoms with Crippen LogP contribution >= 0.6 is 0 Å². The molecule has 0 bridgehead atoms. The highest BCUT2D eigenvalue weighted by atomic mass is 16.7. The summed E-state index contributed by atoms with van der Waals surface area (Å²) < 4.78 is 12.0. The Morgan fingerprint density at radius 1 is 1.09 bits per heavy atom. The van der Waals surface area contributed by atoms with Crippen LogP contribution in [0.3, 0.4) is 0 Å². The summed E-state index contributed by atoms with van der Waals surface area (Å²) in [6.07, 6.45) is 0. The van der Waals surface area contributed by atoms with E-state index in [0.29, 0.717) is 0 Å². The zero-order valence-corrected chi connectivity index (χ0v) is 14.5. The first-order chi connectivity index (χ1) is 10.3. The van der Waals surface area contributed by atoms with E-state index in [0.717, 1.165) is 11.2 Å². The van der Waals surface area contributed by atoms with Crippen LogP contribution in [0.4, 0.5) is 5.69 Å². The highest BCUT2D eigenvalue weighted by molar-refractivity contribution is 6.62. The first-order valence-corrected chi connectivity index (χ1v) is 7.30. The quantitative estimate of drug-likeness (QED) is 0.816. The molecule has 2 rings (SSSR count). The maximum absolute atomic E-state index is 8.00. The Kier molecular flexibility index (Phi) is 8.37. The van der Waals surface area contributed by atoms with Crippen LogP contribution in [-0.4, -0.2) is 43.9 Å². The Hall–Kier alpha value is -1.37. The lowest BCUT2D eigenvalue weighted by molar-refractivity contribution is -0.0979. The van der Waals surface area contributed by atoms with E-state index in [1.807, 2.05) is 38.1 Å². The molecule has 0 amide bonds. The molecular weight excluding hydrogens is 281 g/mol. The third kappa shape index (κ3) is 5.12. The summed E-state index contributed by atoms with van der Waals surface area (Å²) in [4.78, 5) is 8.00. The molecule has 0 spiro atoms. The molecule has 1 aliphatic rings. The molecule has 0 atom stereocenters. The van der Waals surface area contributed by atoms with Gasteiger partial charge >= 0.3 is 7.12 Å². The van der Waals surface area contributed by atoms with Gasteiger partial charge in [0, 0.05) is 19.3 Å². The van der Waals surface area contributed by atoms with Gasteiger partial charge in [-0.05, 0) is 52.2 Å². The molecule has 5 nitrogen and oxygen atoms in total. The number of benzene rings is 1. The van der Waals surface area contributed by atoms with Crippen molar-refractivity contribution in [2.75, 3.05) is 19.0 Å². The van der Waals surface area contributed by atoms with Gasteiger partial charge in [-0.15, -0.1) is 0 Å². The first kappa shape index (κ1) is 20.6. The predicted octanol–water partition coefficient (Wildman–Crippen LogP) is 1.84. The molecule has 1 fully saturated rings. The zero-order valence-electron chi connectivity index (χ0n) is 14.5. The van der Waals surface area contributed by atoms with Gasteiger partial charge in [0.1, 0.15) is 6.79 Å². The fourth-order valence-corrected chi connectivity index (χ4v) is 1.79. The van der Waals surface area contributed by atoms with Crippen molar-refractivity contribution >= 4 is 25.1 Å². The van der Waals surface area contributed by atoms with Crippen molar-refractivity contribution in [1.29, 1.82) is 0 Å². The summed E-state index contributed by atoms with van der Waals surface area (Å²) in [6, 6.07) is 8.13. The minimum atomic E-state index is -0.278. The van der Waals surface area contributed by atoms with Crippen molar-refractivity contribution < 1.29 is 19.2 Å². The van der Waals surface area contributed by atoms with Gasteiger partial charge in [-0.3, -0.25) is 0 Å². The molecule has 0 aliphatic carbocycles. The average Bonchev–Trinajstić information content (AvgIpc) is 2.70. The lowest BCUT2D eigenvalue weighted by atomic mass is 9.79. The third-order valence-corrected chi connectivity index (χ3v) is 3.72. The Morgan fingerprint density at radius 2 is 1.45 bits per heavy atom. The molecule has 6 heteroatoms. The minimum Gasteiger partial charge on any atom is -0.399 e. The van der Waals surface area contributed by atoms with E-state index >= 15 is 0 Å². The summed E-state index contributed by atoms with van der Waals surface area (Å²) in [6.45, 7) is 12.2. The van der Waals surface area contributed by atoms with Gasteiger partial charge in [0.05, 0.1) is 11.2 Å². The Balaban J connectivity index is 0.000000789. The third-order valence-electron chi connectivity index (χ3n) is 3.72. The maximum Gasteiger partial charge on any atom is 0.494 e. The van der Waals surface area contributed by atoms with Crippen LogP contribution in [0.1, 0.15) is 34.6 Å². The number of carbonyl (C=O) groups is 1. The van der Waals surface area contributed by atoms with Gasteiger partial charge in [0.15, 0.2) is 0 Å². The lowest BCUT2D eigenvalue weighted by Crippen LogP contribution is -2.41. The lowest BCUT2D eigenvalue weighted by Gasteiger charge is -2.32. The van der Waals surface area contributed by atoms with Crippen molar-refractivity contribution in [2.45, 2.75) is 45.8 Å². The van der Waals surface area contributed by atoms with Crippen molar-refractivity contribution in [3.63, 3.8) is 0 Å². The molecule has 1 saturated heterocycles. The summed E-state index contributed by atoms with van der Waals surface area (Å²) in [5, 5.41) is 10.7. The summed E-state index contributed by atoms with van der Waals surface area (Å²) >= 11 is 0. The molecule has 0 saturated carbocycles. The van der Waals surface area contributed by atoms with Crippen LogP contribution in [0.2, 0.25) is 0 Å². The molecule has 1 aromatic rings. The van der Waals surface area contributed by atoms with E-state index in [9.17, 15) is 0 Å². The molecule has 1 aliphatic heterocycles. The Labute approximate surface area is 134 Å². The summed E-state index contributed by atoms with van der Waals surface area (Å²) in [7, 11) is 1.63. The number of aliphatic hydroxyl groups is 1. The van der Waals surface area contributed by atoms with E-state index in [2.05, 4.69) is 33.0 Å². The largest absolute Gasteiger partial charge is 0.494 e. The smallest absolute Gasteiger partial charge is 0.399 e. The number of aliphatic hydroxyl groups excluding tert-OH is 1. The fraction of sp³-hybridized carbons (Fsp3) is 0.562. The molecule has 1 heterocycles. The van der Waals surface area contributed by atoms with Gasteiger partial charge in [0.25, 0.3) is 0 Å². The van der Waals surface area contributed by atoms with Crippen LogP contribution in [0.15, 0.2) is 24.3 Å². The number of hydrogen-bond donors (Lipinski definition) is 2. The van der Waals surface area contributed by atoms with Crippen LogP contribution in [0, 0.1) is 0 Å². The monoisotopic (exact) mass is 309 g/mol. The summed E-state index contributed by atoms with van der Waals surface area (Å²) in [5.74, 6) is 0. The molecule has 0 unspecified atom stereocenters. The van der Waals surface area contributed by atoms with Crippen molar-refractivity contribution in [3.8, 4) is 0 Å². The maximum atomic E-state index is 8.00. The molecular formula is C16H28BNO4. The van der Waals surface area contributed by atoms with Gasteiger partial charge < -0.3 is 24.5 Å². The van der Waals surface area contributed by atoms with Crippen molar-refractivity contribution in [1.82, 2.24) is 0 Å². The van der Waals surface area contributed by atoms with E-state index < -0.39 is 0 Å². The summed E-state index contributed by atoms with van der Waals surface area (Å²) in [5.41, 5.74) is 1.59. The number of anilines is 1. The number of carbonyl (C=O) groups excluding carboxylic acids is 1. The second kappa shape index (κ2) is 8.93. The van der Waals surface area contributed by atoms with Gasteiger partial charge in [-0.25, -0.2) is 0 Å². The minimum absolute atomic E-state index is 0.250. The zero-order chi connectivity index (χ0) is 17.4. The number of hydrogen-bond acceptors (Lipinski definition) is 5. The number of rotatable bonds is 2. The SMILES string of the molecule is C=O.CCO.CNc1ccc(B2OC(C)(C)C(C)(C)O2)cc1. The standard InChI is InChI=1S/C13H20BNO2.C2H6O.CH2O/c1-12(2)13(3,4)17-14(16-12)10-6-8-11(15-5)9-7-10;1-2-3;1-2/h6-9,15H,1-5H3;3H,2H2,1H3;1H2. The Morgan fingerprint density at radius 3 is 1.77 bits per heavy atom. The van der Waals surface area contributed by atoms with E-state index in [4.69, 9.17) is 19.2 Å². The van der Waals surface area contributed by atoms with E-state index in [1.54, 1.807) is 6.92 Å². The second-order valence-electron chi connectivity index (χ2n) is 5.78. The topological polar surface area (TPSA) is 67.8 Å². The van der Waals surface area contributed by atoms with Crippen LogP contribution in [0.5, 0.6) is 0 Å². The van der Waals surface area contributed by atoms with E-state index in [-0.39, 0.29) is 24.9 Å². The van der Waals surface area contributed by atoms with Crippen LogP contribution in [-0.2, 0) is 14.1 Å². The molecule has 1 aromatic carbocycles. The molecule has 22 heavy (non-hydrogen) atoms. The van der Waals surface area contributed by atoms with Crippen LogP contribution in [0.25, 0.3) is 0 Å². The highest BCUT2D eigenvalue weighted by Crippen LogP contribution is 2.36. The van der Waals surface area contributed by atoms with Gasteiger partial charge in [-0.1, -0.05) is 12.1 Å². The van der Waals surface area contributed by atoms with Gasteiger partial charge in [0.2, 0.25) is 0 Å². The molecule has 2 N–H and O–H groups in total. The fourth-order valence-electron chi connectivity index (χ4n) is 1.79. The van der Waals surface area contributed by atoms with Crippen molar-refractivity contribution in [3.05, 3.63) is 24.3 Å². The Bertz CT molecular complexity index is 418. The average molecular weight is 309 g/mol.